The average Bonchev–Trinajstić information content (AvgIpc) is 2.93. The van der Waals surface area contributed by atoms with Crippen LogP contribution in [0.15, 0.2) is 76.3 Å². The van der Waals surface area contributed by atoms with Gasteiger partial charge in [-0.1, -0.05) is 24.3 Å². The van der Waals surface area contributed by atoms with Crippen molar-refractivity contribution in [2.45, 2.75) is 19.7 Å². The van der Waals surface area contributed by atoms with Gasteiger partial charge in [-0.15, -0.1) is 0 Å². The van der Waals surface area contributed by atoms with E-state index in [0.717, 1.165) is 9.13 Å². The van der Waals surface area contributed by atoms with Crippen molar-refractivity contribution in [1.82, 2.24) is 9.13 Å². The number of likely N-dealkylation sites (N-methyl/N-ethyl adjacent to an activating group) is 1. The summed E-state index contributed by atoms with van der Waals surface area (Å²) in [6.45, 7) is 1.41. The molecule has 8 nitrogen and oxygen atoms in total. The molecule has 1 N–H and O–H groups in total. The molecule has 11 heteroatoms. The summed E-state index contributed by atoms with van der Waals surface area (Å²) in [5.41, 5.74) is -0.936. The van der Waals surface area contributed by atoms with Gasteiger partial charge in [-0.05, 0) is 77.0 Å². The van der Waals surface area contributed by atoms with Crippen molar-refractivity contribution in [2.24, 2.45) is 0 Å². The van der Waals surface area contributed by atoms with Crippen molar-refractivity contribution >= 4 is 34.2 Å². The summed E-state index contributed by atoms with van der Waals surface area (Å²) >= 11 is 1.95. The summed E-state index contributed by atoms with van der Waals surface area (Å²) in [5, 5.41) is 10.9. The molecule has 1 aromatic heterocycles. The molecule has 0 spiro atoms. The predicted octanol–water partition coefficient (Wildman–Crippen LogP) is 4.44. The van der Waals surface area contributed by atoms with E-state index in [2.05, 4.69) is 0 Å². The monoisotopic (exact) mass is 659 g/mol. The van der Waals surface area contributed by atoms with Crippen LogP contribution >= 0.6 is 22.6 Å². The molecule has 0 saturated heterocycles. The molecule has 5 rings (SSSR count). The fraction of sp³-hybridized carbons (Fsp3) is 0.172. The first-order chi connectivity index (χ1) is 19.1. The first-order valence-electron chi connectivity index (χ1n) is 12.1. The summed E-state index contributed by atoms with van der Waals surface area (Å²) in [6.07, 6.45) is -0.132. The molecule has 0 amide bonds. The summed E-state index contributed by atoms with van der Waals surface area (Å²) in [4.78, 5) is 29.2. The Morgan fingerprint density at radius 3 is 2.45 bits per heavy atom. The van der Waals surface area contributed by atoms with Gasteiger partial charge in [-0.2, -0.15) is 0 Å². The molecule has 2 heterocycles. The molecule has 1 aliphatic rings. The Kier molecular flexibility index (Phi) is 7.51. The second-order valence-corrected chi connectivity index (χ2v) is 10.4. The topological polar surface area (TPSA) is 85.9 Å². The van der Waals surface area contributed by atoms with E-state index in [1.165, 1.54) is 43.3 Å². The molecule has 0 bridgehead atoms. The maximum atomic E-state index is 15.4. The number of fused-ring (bicyclic) bond motifs is 1. The number of aryl methyl sites for hydroxylation is 1. The number of ether oxygens (including phenoxy) is 2. The Morgan fingerprint density at radius 1 is 1.05 bits per heavy atom. The maximum Gasteiger partial charge on any atom is 0.337 e. The van der Waals surface area contributed by atoms with Gasteiger partial charge in [0.15, 0.2) is 17.8 Å². The minimum Gasteiger partial charge on any atom is -0.497 e. The quantitative estimate of drug-likeness (QED) is 0.309. The van der Waals surface area contributed by atoms with E-state index in [1.54, 1.807) is 49.4 Å². The molecule has 1 aliphatic heterocycles. The lowest BCUT2D eigenvalue weighted by Crippen LogP contribution is -2.48. The van der Waals surface area contributed by atoms with Crippen LogP contribution in [0.4, 0.5) is 14.6 Å². The summed E-state index contributed by atoms with van der Waals surface area (Å²) in [5.74, 6) is -1.20. The third-order valence-electron chi connectivity index (χ3n) is 6.62. The summed E-state index contributed by atoms with van der Waals surface area (Å²) < 4.78 is 43.9. The molecular formula is C29H24F2IN3O5. The van der Waals surface area contributed by atoms with Gasteiger partial charge in [0, 0.05) is 16.7 Å². The Morgan fingerprint density at radius 2 is 1.77 bits per heavy atom. The van der Waals surface area contributed by atoms with Crippen LogP contribution < -0.4 is 25.6 Å². The van der Waals surface area contributed by atoms with E-state index >= 15 is 4.39 Å². The zero-order chi connectivity index (χ0) is 28.7. The number of nitrogens with zero attached hydrogens (tertiary/aromatic N) is 3. The lowest BCUT2D eigenvalue weighted by molar-refractivity contribution is 0.217. The van der Waals surface area contributed by atoms with E-state index in [1.807, 2.05) is 22.6 Å². The molecule has 1 atom stereocenters. The molecule has 0 radical (unpaired) electrons. The van der Waals surface area contributed by atoms with Crippen molar-refractivity contribution in [3.63, 3.8) is 0 Å². The lowest BCUT2D eigenvalue weighted by Gasteiger charge is -2.33. The van der Waals surface area contributed by atoms with Gasteiger partial charge in [0.2, 0.25) is 0 Å². The third kappa shape index (κ3) is 4.90. The van der Waals surface area contributed by atoms with Crippen LogP contribution in [0.5, 0.6) is 11.5 Å². The molecule has 40 heavy (non-hydrogen) atoms. The first-order valence-corrected chi connectivity index (χ1v) is 13.2. The molecular weight excluding hydrogens is 635 g/mol. The van der Waals surface area contributed by atoms with Gasteiger partial charge in [-0.3, -0.25) is 9.36 Å². The number of anilines is 1. The molecule has 0 saturated carbocycles. The molecule has 4 aromatic rings. The molecule has 0 aliphatic carbocycles. The van der Waals surface area contributed by atoms with Crippen LogP contribution in [0, 0.1) is 22.1 Å². The number of halogens is 3. The molecule has 1 unspecified atom stereocenters. The zero-order valence-corrected chi connectivity index (χ0v) is 23.8. The van der Waals surface area contributed by atoms with Crippen LogP contribution in [0.1, 0.15) is 16.7 Å². The van der Waals surface area contributed by atoms with E-state index in [0.29, 0.717) is 20.4 Å². The number of rotatable bonds is 6. The summed E-state index contributed by atoms with van der Waals surface area (Å²) in [7, 11) is 2.98. The number of benzene rings is 3. The van der Waals surface area contributed by atoms with Gasteiger partial charge in [-0.25, -0.2) is 18.1 Å². The van der Waals surface area contributed by atoms with Crippen molar-refractivity contribution in [2.75, 3.05) is 19.1 Å². The predicted molar refractivity (Wildman–Crippen MR) is 155 cm³/mol. The van der Waals surface area contributed by atoms with Crippen LogP contribution in [0.2, 0.25) is 0 Å². The minimum atomic E-state index is -1.37. The first kappa shape index (κ1) is 27.6. The highest BCUT2D eigenvalue weighted by molar-refractivity contribution is 14.1. The van der Waals surface area contributed by atoms with E-state index < -0.39 is 29.1 Å². The van der Waals surface area contributed by atoms with Gasteiger partial charge in [0.05, 0.1) is 19.3 Å². The number of hydrogen-bond acceptors (Lipinski definition) is 6. The Labute approximate surface area is 241 Å². The molecule has 0 fully saturated rings. The number of aromatic nitrogens is 2. The maximum absolute atomic E-state index is 15.4. The zero-order valence-electron chi connectivity index (χ0n) is 21.7. The number of hydrogen-bond donors (Lipinski definition) is 1. The average molecular weight is 659 g/mol. The fourth-order valence-electron chi connectivity index (χ4n) is 4.48. The van der Waals surface area contributed by atoms with E-state index in [9.17, 15) is 19.1 Å². The highest BCUT2D eigenvalue weighted by atomic mass is 127. The molecule has 206 valence electrons. The molecule has 3 aromatic carbocycles. The number of aliphatic hydroxyl groups excluding tert-OH is 1. The van der Waals surface area contributed by atoms with Crippen LogP contribution in [0.25, 0.3) is 11.4 Å². The van der Waals surface area contributed by atoms with Gasteiger partial charge in [0.1, 0.15) is 28.7 Å². The highest BCUT2D eigenvalue weighted by Crippen LogP contribution is 2.34. The normalized spacial score (nSPS) is 14.5. The second kappa shape index (κ2) is 10.9. The smallest absolute Gasteiger partial charge is 0.337 e. The summed E-state index contributed by atoms with van der Waals surface area (Å²) in [6, 6.07) is 15.6. The van der Waals surface area contributed by atoms with Gasteiger partial charge >= 0.3 is 5.69 Å². The third-order valence-corrected chi connectivity index (χ3v) is 7.29. The van der Waals surface area contributed by atoms with Gasteiger partial charge in [0.25, 0.3) is 5.56 Å². The van der Waals surface area contributed by atoms with Crippen molar-refractivity contribution in [3.05, 3.63) is 119 Å². The van der Waals surface area contributed by atoms with Crippen molar-refractivity contribution in [1.29, 1.82) is 0 Å². The van der Waals surface area contributed by atoms with Crippen molar-refractivity contribution in [3.8, 4) is 17.2 Å². The van der Waals surface area contributed by atoms with Crippen molar-refractivity contribution < 1.29 is 23.4 Å². The standard InChI is InChI=1S/C29H24F2IN3O5/c1-16-5-4-6-22(26(16)31)40-23-14-24(36)33(2)27-25(23)28(37)34(15-17-7-10-19(39-3)11-8-17)29(38)35(27)21-12-9-18(32)13-20(21)30/h4-14,24,36H,15H2,1-3H3. The Balaban J connectivity index is 1.80. The second-order valence-electron chi connectivity index (χ2n) is 9.20. The minimum absolute atomic E-state index is 0.0980. The Bertz CT molecular complexity index is 1770. The van der Waals surface area contributed by atoms with E-state index in [4.69, 9.17) is 9.47 Å². The highest BCUT2D eigenvalue weighted by Gasteiger charge is 2.34. The van der Waals surface area contributed by atoms with Crippen LogP contribution in [-0.4, -0.2) is 34.6 Å². The largest absolute Gasteiger partial charge is 0.497 e. The Hall–Kier alpha value is -3.97. The van der Waals surface area contributed by atoms with Crippen LogP contribution in [-0.2, 0) is 6.54 Å². The SMILES string of the molecule is COc1ccc(Cn2c(=O)c3c(n(-c4ccc(I)cc4F)c2=O)N(C)C(O)C=C3Oc2cccc(C)c2F)cc1. The number of aliphatic hydroxyl groups is 1. The van der Waals surface area contributed by atoms with Gasteiger partial charge < -0.3 is 19.5 Å². The fourth-order valence-corrected chi connectivity index (χ4v) is 4.93. The van der Waals surface area contributed by atoms with E-state index in [-0.39, 0.29) is 35.1 Å². The lowest BCUT2D eigenvalue weighted by atomic mass is 10.1. The number of methoxy groups -OCH3 is 1. The van der Waals surface area contributed by atoms with Crippen LogP contribution in [0.3, 0.4) is 0 Å².